The van der Waals surface area contributed by atoms with Gasteiger partial charge in [0.25, 0.3) is 5.24 Å². The van der Waals surface area contributed by atoms with Crippen molar-refractivity contribution in [3.05, 3.63) is 30.3 Å². The molecule has 0 saturated carbocycles. The van der Waals surface area contributed by atoms with Crippen LogP contribution in [0, 0.1) is 0 Å². The predicted molar refractivity (Wildman–Crippen MR) is 67.9 cm³/mol. The van der Waals surface area contributed by atoms with Gasteiger partial charge in [0.15, 0.2) is 9.84 Å². The molecule has 2 rings (SSSR count). The third-order valence-corrected chi connectivity index (χ3v) is 5.09. The summed E-state index contributed by atoms with van der Waals surface area (Å²) in [4.78, 5) is 12.5. The Morgan fingerprint density at radius 2 is 2.00 bits per heavy atom. The van der Waals surface area contributed by atoms with E-state index in [1.54, 1.807) is 0 Å². The van der Waals surface area contributed by atoms with E-state index in [2.05, 4.69) is 5.32 Å². The monoisotopic (exact) mass is 271 g/mol. The second kappa shape index (κ2) is 5.10. The molecule has 1 heterocycles. The van der Waals surface area contributed by atoms with Gasteiger partial charge in [0, 0.05) is 10.9 Å². The first-order valence-electron chi connectivity index (χ1n) is 5.29. The van der Waals surface area contributed by atoms with Crippen LogP contribution in [-0.2, 0) is 9.84 Å². The Hall–Kier alpha value is -1.01. The molecule has 1 atom stereocenters. The molecule has 4 nitrogen and oxygen atoms in total. The number of hydrogen-bond acceptors (Lipinski definition) is 4. The molecule has 1 fully saturated rings. The Kier molecular flexibility index (Phi) is 3.73. The highest BCUT2D eigenvalue weighted by atomic mass is 32.2. The van der Waals surface area contributed by atoms with Gasteiger partial charge >= 0.3 is 0 Å². The van der Waals surface area contributed by atoms with Gasteiger partial charge in [0.1, 0.15) is 0 Å². The van der Waals surface area contributed by atoms with Gasteiger partial charge in [-0.3, -0.25) is 4.79 Å². The maximum absolute atomic E-state index is 11.6. The molecule has 0 spiro atoms. The Morgan fingerprint density at radius 3 is 2.59 bits per heavy atom. The third kappa shape index (κ3) is 3.74. The van der Waals surface area contributed by atoms with Crippen LogP contribution in [0.4, 0.5) is 4.79 Å². The van der Waals surface area contributed by atoms with Crippen LogP contribution in [-0.4, -0.2) is 31.2 Å². The van der Waals surface area contributed by atoms with Crippen LogP contribution in [0.5, 0.6) is 0 Å². The van der Waals surface area contributed by atoms with Gasteiger partial charge in [-0.1, -0.05) is 18.2 Å². The molecule has 1 amide bonds. The standard InChI is InChI=1S/C11H13NO3S2/c13-11(16-10-4-2-1-3-5-10)12-9-6-7-17(14,15)8-9/h1-5,9H,6-8H2,(H,12,13)/t9-/m1/s1. The van der Waals surface area contributed by atoms with E-state index < -0.39 is 9.84 Å². The minimum atomic E-state index is -2.94. The number of sulfone groups is 1. The molecular formula is C11H13NO3S2. The van der Waals surface area contributed by atoms with E-state index in [9.17, 15) is 13.2 Å². The molecule has 1 aliphatic rings. The molecule has 0 aromatic heterocycles. The summed E-state index contributed by atoms with van der Waals surface area (Å²) in [6.45, 7) is 0. The second-order valence-corrected chi connectivity index (χ2v) is 7.22. The molecule has 1 aromatic rings. The lowest BCUT2D eigenvalue weighted by Crippen LogP contribution is -2.32. The van der Waals surface area contributed by atoms with E-state index in [0.29, 0.717) is 6.42 Å². The lowest BCUT2D eigenvalue weighted by Gasteiger charge is -2.09. The van der Waals surface area contributed by atoms with E-state index in [0.717, 1.165) is 16.7 Å². The first-order valence-corrected chi connectivity index (χ1v) is 7.93. The quantitative estimate of drug-likeness (QED) is 0.831. The summed E-state index contributed by atoms with van der Waals surface area (Å²) >= 11 is 1.09. The number of hydrogen-bond donors (Lipinski definition) is 1. The molecule has 1 N–H and O–H groups in total. The van der Waals surface area contributed by atoms with Crippen molar-refractivity contribution in [2.75, 3.05) is 11.5 Å². The van der Waals surface area contributed by atoms with E-state index in [-0.39, 0.29) is 22.8 Å². The average molecular weight is 271 g/mol. The molecule has 0 aliphatic carbocycles. The Balaban J connectivity index is 1.87. The normalized spacial score (nSPS) is 22.2. The lowest BCUT2D eigenvalue weighted by molar-refractivity contribution is 0.258. The zero-order valence-corrected chi connectivity index (χ0v) is 10.8. The van der Waals surface area contributed by atoms with Gasteiger partial charge in [-0.25, -0.2) is 8.42 Å². The molecule has 1 aliphatic heterocycles. The van der Waals surface area contributed by atoms with Crippen molar-refractivity contribution in [2.45, 2.75) is 17.4 Å². The smallest absolute Gasteiger partial charge is 0.284 e. The van der Waals surface area contributed by atoms with Crippen LogP contribution in [0.15, 0.2) is 35.2 Å². The van der Waals surface area contributed by atoms with Gasteiger partial charge in [-0.05, 0) is 30.3 Å². The van der Waals surface area contributed by atoms with Gasteiger partial charge in [-0.15, -0.1) is 0 Å². The summed E-state index contributed by atoms with van der Waals surface area (Å²) in [5.41, 5.74) is 0. The van der Waals surface area contributed by atoms with Crippen LogP contribution in [0.25, 0.3) is 0 Å². The fourth-order valence-corrected chi connectivity index (χ4v) is 4.11. The number of amides is 1. The van der Waals surface area contributed by atoms with E-state index >= 15 is 0 Å². The third-order valence-electron chi connectivity index (χ3n) is 2.51. The largest absolute Gasteiger partial charge is 0.343 e. The lowest BCUT2D eigenvalue weighted by atomic mass is 10.3. The summed E-state index contributed by atoms with van der Waals surface area (Å²) in [7, 11) is -2.94. The van der Waals surface area contributed by atoms with Crippen molar-refractivity contribution in [2.24, 2.45) is 0 Å². The number of nitrogens with one attached hydrogen (secondary N) is 1. The minimum absolute atomic E-state index is 0.0636. The Bertz CT molecular complexity index is 499. The highest BCUT2D eigenvalue weighted by molar-refractivity contribution is 8.13. The maximum Gasteiger partial charge on any atom is 0.284 e. The van der Waals surface area contributed by atoms with E-state index in [1.807, 2.05) is 30.3 Å². The molecule has 1 saturated heterocycles. The van der Waals surface area contributed by atoms with Crippen molar-refractivity contribution in [3.63, 3.8) is 0 Å². The van der Waals surface area contributed by atoms with Crippen LogP contribution in [0.3, 0.4) is 0 Å². The molecule has 0 bridgehead atoms. The number of carbonyl (C=O) groups is 1. The first-order chi connectivity index (χ1) is 8.05. The number of rotatable bonds is 2. The van der Waals surface area contributed by atoms with Crippen LogP contribution >= 0.6 is 11.8 Å². The highest BCUT2D eigenvalue weighted by Crippen LogP contribution is 2.19. The molecule has 0 radical (unpaired) electrons. The van der Waals surface area contributed by atoms with Crippen molar-refractivity contribution in [1.82, 2.24) is 5.32 Å². The zero-order chi connectivity index (χ0) is 12.3. The van der Waals surface area contributed by atoms with Crippen molar-refractivity contribution in [1.29, 1.82) is 0 Å². The fourth-order valence-electron chi connectivity index (χ4n) is 1.70. The minimum Gasteiger partial charge on any atom is -0.343 e. The number of carbonyl (C=O) groups excluding carboxylic acids is 1. The summed E-state index contributed by atoms with van der Waals surface area (Å²) in [5, 5.41) is 2.53. The summed E-state index contributed by atoms with van der Waals surface area (Å²) in [6.07, 6.45) is 0.517. The fraction of sp³-hybridized carbons (Fsp3) is 0.364. The molecule has 6 heteroatoms. The highest BCUT2D eigenvalue weighted by Gasteiger charge is 2.28. The van der Waals surface area contributed by atoms with Crippen LogP contribution in [0.1, 0.15) is 6.42 Å². The van der Waals surface area contributed by atoms with Gasteiger partial charge < -0.3 is 5.32 Å². The zero-order valence-electron chi connectivity index (χ0n) is 9.13. The van der Waals surface area contributed by atoms with Crippen molar-refractivity contribution in [3.8, 4) is 0 Å². The SMILES string of the molecule is O=C(N[C@@H]1CCS(=O)(=O)C1)Sc1ccccc1. The van der Waals surface area contributed by atoms with Crippen LogP contribution < -0.4 is 5.32 Å². The van der Waals surface area contributed by atoms with Gasteiger partial charge in [0.2, 0.25) is 0 Å². The predicted octanol–water partition coefficient (Wildman–Crippen LogP) is 1.68. The number of benzene rings is 1. The summed E-state index contributed by atoms with van der Waals surface area (Å²) in [6, 6.07) is 9.05. The molecular weight excluding hydrogens is 258 g/mol. The second-order valence-electron chi connectivity index (χ2n) is 3.95. The van der Waals surface area contributed by atoms with Crippen molar-refractivity contribution >= 4 is 26.8 Å². The Morgan fingerprint density at radius 1 is 1.29 bits per heavy atom. The topological polar surface area (TPSA) is 63.2 Å². The van der Waals surface area contributed by atoms with Gasteiger partial charge in [-0.2, -0.15) is 0 Å². The van der Waals surface area contributed by atoms with Crippen LogP contribution in [0.2, 0.25) is 0 Å². The summed E-state index contributed by atoms with van der Waals surface area (Å²) < 4.78 is 22.4. The molecule has 0 unspecified atom stereocenters. The van der Waals surface area contributed by atoms with Gasteiger partial charge in [0.05, 0.1) is 11.5 Å². The summed E-state index contributed by atoms with van der Waals surface area (Å²) in [5.74, 6) is 0.238. The Labute approximate surface area is 105 Å². The average Bonchev–Trinajstić information content (AvgIpc) is 2.59. The first kappa shape index (κ1) is 12.4. The molecule has 17 heavy (non-hydrogen) atoms. The maximum atomic E-state index is 11.6. The number of thioether (sulfide) groups is 1. The van der Waals surface area contributed by atoms with Crippen molar-refractivity contribution < 1.29 is 13.2 Å². The molecule has 1 aromatic carbocycles. The molecule has 92 valence electrons. The van der Waals surface area contributed by atoms with E-state index in [1.165, 1.54) is 0 Å². The van der Waals surface area contributed by atoms with E-state index in [4.69, 9.17) is 0 Å².